The Hall–Kier alpha value is -1.89. The van der Waals surface area contributed by atoms with Crippen molar-refractivity contribution in [3.05, 3.63) is 12.2 Å². The molecule has 3 heterocycles. The summed E-state index contributed by atoms with van der Waals surface area (Å²) in [5, 5.41) is 2.53. The van der Waals surface area contributed by atoms with Crippen molar-refractivity contribution in [2.24, 2.45) is 0 Å². The summed E-state index contributed by atoms with van der Waals surface area (Å²) >= 11 is 6.24. The van der Waals surface area contributed by atoms with E-state index in [1.807, 2.05) is 11.5 Å². The summed E-state index contributed by atoms with van der Waals surface area (Å²) in [6.07, 6.45) is 3.05. The number of piperidine rings is 1. The predicted molar refractivity (Wildman–Crippen MR) is 77.4 cm³/mol. The number of rotatable bonds is 3. The molecule has 1 amide bonds. The van der Waals surface area contributed by atoms with Crippen LogP contribution in [0.2, 0.25) is 0 Å². The number of halogens is 1. The molecule has 1 aliphatic rings. The first-order valence-electron chi connectivity index (χ1n) is 6.82. The van der Waals surface area contributed by atoms with Crippen LogP contribution in [0.15, 0.2) is 6.33 Å². The third-order valence-electron chi connectivity index (χ3n) is 3.59. The lowest BCUT2D eigenvalue weighted by Crippen LogP contribution is -2.38. The lowest BCUT2D eigenvalue weighted by Gasteiger charge is -2.25. The molecule has 0 bridgehead atoms. The molecule has 0 spiro atoms. The smallest absolute Gasteiger partial charge is 0.245 e. The Labute approximate surface area is 126 Å². The van der Waals surface area contributed by atoms with Gasteiger partial charge in [-0.2, -0.15) is 4.98 Å². The largest absolute Gasteiger partial charge is 0.479 e. The van der Waals surface area contributed by atoms with Gasteiger partial charge in [-0.15, -0.1) is 11.6 Å². The zero-order chi connectivity index (χ0) is 15.0. The van der Waals surface area contributed by atoms with Gasteiger partial charge in [0.1, 0.15) is 18.2 Å². The number of aromatic nitrogens is 4. The fourth-order valence-corrected chi connectivity index (χ4v) is 2.80. The molecule has 7 nitrogen and oxygen atoms in total. The number of ether oxygens (including phenoxy) is 1. The van der Waals surface area contributed by atoms with E-state index in [1.54, 1.807) is 0 Å². The van der Waals surface area contributed by atoms with Crippen LogP contribution in [-0.2, 0) is 4.79 Å². The number of imidazole rings is 1. The predicted octanol–water partition coefficient (Wildman–Crippen LogP) is 1.59. The van der Waals surface area contributed by atoms with Crippen LogP contribution in [0.1, 0.15) is 37.0 Å². The molecular weight excluding hydrogens is 294 g/mol. The summed E-state index contributed by atoms with van der Waals surface area (Å²) in [6, 6.07) is -0.348. The molecule has 2 aromatic rings. The van der Waals surface area contributed by atoms with Crippen LogP contribution >= 0.6 is 11.6 Å². The van der Waals surface area contributed by atoms with Crippen molar-refractivity contribution in [1.29, 1.82) is 0 Å². The number of nitrogens with zero attached hydrogens (tertiary/aromatic N) is 4. The average molecular weight is 310 g/mol. The number of fused-ring (bicyclic) bond motifs is 1. The van der Waals surface area contributed by atoms with Gasteiger partial charge in [0.2, 0.25) is 11.8 Å². The minimum atomic E-state index is -0.348. The van der Waals surface area contributed by atoms with Crippen molar-refractivity contribution in [2.75, 3.05) is 13.7 Å². The van der Waals surface area contributed by atoms with E-state index >= 15 is 0 Å². The summed E-state index contributed by atoms with van der Waals surface area (Å²) in [4.78, 5) is 25.0. The van der Waals surface area contributed by atoms with Crippen LogP contribution in [0.25, 0.3) is 11.2 Å². The Morgan fingerprint density at radius 1 is 1.52 bits per heavy atom. The highest BCUT2D eigenvalue weighted by Gasteiger charge is 2.30. The van der Waals surface area contributed by atoms with Gasteiger partial charge in [0, 0.05) is 6.54 Å². The summed E-state index contributed by atoms with van der Waals surface area (Å²) in [5.74, 6) is 0.956. The molecule has 0 aromatic carbocycles. The van der Waals surface area contributed by atoms with Crippen molar-refractivity contribution < 1.29 is 9.53 Å². The van der Waals surface area contributed by atoms with Crippen LogP contribution in [-0.4, -0.2) is 39.1 Å². The van der Waals surface area contributed by atoms with Crippen molar-refractivity contribution in [2.45, 2.75) is 31.2 Å². The number of hydrogen-bond donors (Lipinski definition) is 1. The molecule has 21 heavy (non-hydrogen) atoms. The molecule has 0 radical (unpaired) electrons. The summed E-state index contributed by atoms with van der Waals surface area (Å²) in [7, 11) is 1.53. The second kappa shape index (κ2) is 5.48. The molecule has 1 fully saturated rings. The highest BCUT2D eigenvalue weighted by Crippen LogP contribution is 2.32. The van der Waals surface area contributed by atoms with Crippen LogP contribution in [0.4, 0.5) is 0 Å². The number of methoxy groups -OCH3 is 1. The van der Waals surface area contributed by atoms with Crippen LogP contribution in [0.3, 0.4) is 0 Å². The Morgan fingerprint density at radius 2 is 2.33 bits per heavy atom. The van der Waals surface area contributed by atoms with Gasteiger partial charge in [0.15, 0.2) is 11.2 Å². The first kappa shape index (κ1) is 14.1. The summed E-state index contributed by atoms with van der Waals surface area (Å²) < 4.78 is 7.03. The second-order valence-corrected chi connectivity index (χ2v) is 5.61. The van der Waals surface area contributed by atoms with E-state index in [4.69, 9.17) is 16.3 Å². The number of carbonyl (C=O) groups excluding carboxylic acids is 1. The Kier molecular flexibility index (Phi) is 3.67. The first-order valence-corrected chi connectivity index (χ1v) is 7.25. The number of alkyl halides is 1. The van der Waals surface area contributed by atoms with Gasteiger partial charge >= 0.3 is 0 Å². The molecule has 1 saturated heterocycles. The molecule has 8 heteroatoms. The molecule has 2 aromatic heterocycles. The molecule has 0 saturated carbocycles. The van der Waals surface area contributed by atoms with Gasteiger partial charge in [0.25, 0.3) is 0 Å². The molecule has 3 rings (SSSR count). The van der Waals surface area contributed by atoms with Crippen LogP contribution in [0.5, 0.6) is 5.88 Å². The molecule has 2 unspecified atom stereocenters. The summed E-state index contributed by atoms with van der Waals surface area (Å²) in [6.45, 7) is 2.52. The van der Waals surface area contributed by atoms with Crippen molar-refractivity contribution in [3.8, 4) is 5.88 Å². The molecule has 0 aliphatic carbocycles. The van der Waals surface area contributed by atoms with E-state index in [9.17, 15) is 4.79 Å². The summed E-state index contributed by atoms with van der Waals surface area (Å²) in [5.41, 5.74) is 1.10. The lowest BCUT2D eigenvalue weighted by molar-refractivity contribution is -0.125. The van der Waals surface area contributed by atoms with Gasteiger partial charge in [0.05, 0.1) is 12.5 Å². The standard InChI is InChI=1S/C13H16ClN5O2/c1-7(14)10-18-9-11(16-6-17-13(9)21-2)19(10)8-4-3-5-15-12(8)20/h6-8H,3-5H2,1-2H3,(H,15,20). The maximum Gasteiger partial charge on any atom is 0.245 e. The van der Waals surface area contributed by atoms with E-state index in [2.05, 4.69) is 20.3 Å². The van der Waals surface area contributed by atoms with Gasteiger partial charge in [-0.1, -0.05) is 0 Å². The Bertz CT molecular complexity index is 684. The fraction of sp³-hybridized carbons (Fsp3) is 0.538. The highest BCUT2D eigenvalue weighted by atomic mass is 35.5. The molecule has 112 valence electrons. The van der Waals surface area contributed by atoms with Crippen molar-refractivity contribution >= 4 is 28.7 Å². The van der Waals surface area contributed by atoms with Gasteiger partial charge in [-0.3, -0.25) is 9.36 Å². The molecule has 1 aliphatic heterocycles. The van der Waals surface area contributed by atoms with Crippen molar-refractivity contribution in [1.82, 2.24) is 24.8 Å². The van der Waals surface area contributed by atoms with Gasteiger partial charge in [-0.05, 0) is 19.8 Å². The second-order valence-electron chi connectivity index (χ2n) is 4.96. The third kappa shape index (κ3) is 2.31. The molecular formula is C13H16ClN5O2. The van der Waals surface area contributed by atoms with Gasteiger partial charge < -0.3 is 10.1 Å². The molecule has 1 N–H and O–H groups in total. The number of amides is 1. The molecule has 2 atom stereocenters. The monoisotopic (exact) mass is 309 g/mol. The minimum absolute atomic E-state index is 0.0308. The first-order chi connectivity index (χ1) is 10.1. The highest BCUT2D eigenvalue weighted by molar-refractivity contribution is 6.20. The Balaban J connectivity index is 2.23. The third-order valence-corrected chi connectivity index (χ3v) is 3.78. The SMILES string of the molecule is COc1ncnc2c1nc(C(C)Cl)n2C1CCCNC1=O. The lowest BCUT2D eigenvalue weighted by atomic mass is 10.1. The number of nitrogens with one attached hydrogen (secondary N) is 1. The Morgan fingerprint density at radius 3 is 3.00 bits per heavy atom. The minimum Gasteiger partial charge on any atom is -0.479 e. The zero-order valence-electron chi connectivity index (χ0n) is 11.8. The quantitative estimate of drug-likeness (QED) is 0.871. The maximum atomic E-state index is 12.2. The van der Waals surface area contributed by atoms with E-state index in [-0.39, 0.29) is 17.3 Å². The average Bonchev–Trinajstić information content (AvgIpc) is 2.87. The number of carbonyl (C=O) groups is 1. The normalized spacial score (nSPS) is 20.3. The van der Waals surface area contributed by atoms with Gasteiger partial charge in [-0.25, -0.2) is 9.97 Å². The van der Waals surface area contributed by atoms with E-state index in [0.717, 1.165) is 12.8 Å². The van der Waals surface area contributed by atoms with Crippen molar-refractivity contribution in [3.63, 3.8) is 0 Å². The number of hydrogen-bond acceptors (Lipinski definition) is 5. The van der Waals surface area contributed by atoms with E-state index in [1.165, 1.54) is 13.4 Å². The van der Waals surface area contributed by atoms with Crippen LogP contribution < -0.4 is 10.1 Å². The topological polar surface area (TPSA) is 81.9 Å². The maximum absolute atomic E-state index is 12.2. The fourth-order valence-electron chi connectivity index (χ4n) is 2.64. The zero-order valence-corrected chi connectivity index (χ0v) is 12.6. The van der Waals surface area contributed by atoms with E-state index in [0.29, 0.717) is 29.4 Å². The van der Waals surface area contributed by atoms with Crippen LogP contribution in [0, 0.1) is 0 Å². The van der Waals surface area contributed by atoms with E-state index < -0.39 is 0 Å².